The van der Waals surface area contributed by atoms with Crippen LogP contribution in [-0.2, 0) is 16.1 Å². The second-order valence-corrected chi connectivity index (χ2v) is 6.95. The minimum absolute atomic E-state index is 0.0945. The SMILES string of the molecule is CCn1cc([C@H]2OCC[C@@H]2C(=O)NC2CCC(N(C)C)C2)cn1. The molecule has 1 aliphatic carbocycles. The topological polar surface area (TPSA) is 59.4 Å². The molecular weight excluding hydrogens is 292 g/mol. The molecule has 1 aromatic rings. The van der Waals surface area contributed by atoms with E-state index < -0.39 is 0 Å². The molecule has 2 aliphatic rings. The summed E-state index contributed by atoms with van der Waals surface area (Å²) in [6, 6.07) is 0.883. The average Bonchev–Trinajstić information content (AvgIpc) is 3.26. The van der Waals surface area contributed by atoms with E-state index in [1.807, 2.05) is 17.1 Å². The van der Waals surface area contributed by atoms with Crippen molar-refractivity contribution < 1.29 is 9.53 Å². The van der Waals surface area contributed by atoms with Crippen molar-refractivity contribution in [1.82, 2.24) is 20.0 Å². The van der Waals surface area contributed by atoms with Crippen LogP contribution < -0.4 is 5.32 Å². The minimum atomic E-state index is -0.152. The molecule has 2 unspecified atom stereocenters. The van der Waals surface area contributed by atoms with Crippen molar-refractivity contribution in [3.05, 3.63) is 18.0 Å². The van der Waals surface area contributed by atoms with E-state index >= 15 is 0 Å². The maximum Gasteiger partial charge on any atom is 0.226 e. The average molecular weight is 320 g/mol. The third-order valence-corrected chi connectivity index (χ3v) is 5.22. The molecule has 4 atom stereocenters. The second-order valence-electron chi connectivity index (χ2n) is 6.95. The Labute approximate surface area is 138 Å². The maximum atomic E-state index is 12.7. The molecule has 1 amide bonds. The number of hydrogen-bond donors (Lipinski definition) is 1. The third kappa shape index (κ3) is 3.58. The van der Waals surface area contributed by atoms with Crippen LogP contribution in [0.25, 0.3) is 0 Å². The smallest absolute Gasteiger partial charge is 0.226 e. The summed E-state index contributed by atoms with van der Waals surface area (Å²) in [7, 11) is 4.22. The highest BCUT2D eigenvalue weighted by Gasteiger charge is 2.37. The van der Waals surface area contributed by atoms with E-state index in [9.17, 15) is 4.79 Å². The largest absolute Gasteiger partial charge is 0.373 e. The van der Waals surface area contributed by atoms with Gasteiger partial charge in [0.1, 0.15) is 0 Å². The zero-order valence-corrected chi connectivity index (χ0v) is 14.4. The van der Waals surface area contributed by atoms with Gasteiger partial charge in [-0.1, -0.05) is 0 Å². The van der Waals surface area contributed by atoms with Gasteiger partial charge in [-0.25, -0.2) is 0 Å². The molecule has 1 saturated carbocycles. The number of rotatable bonds is 5. The van der Waals surface area contributed by atoms with Crippen molar-refractivity contribution in [2.45, 2.75) is 57.3 Å². The molecule has 0 radical (unpaired) electrons. The van der Waals surface area contributed by atoms with Crippen molar-refractivity contribution in [2.24, 2.45) is 5.92 Å². The fraction of sp³-hybridized carbons (Fsp3) is 0.765. The van der Waals surface area contributed by atoms with E-state index in [1.54, 1.807) is 0 Å². The van der Waals surface area contributed by atoms with Gasteiger partial charge >= 0.3 is 0 Å². The normalized spacial score (nSPS) is 31.0. The lowest BCUT2D eigenvalue weighted by molar-refractivity contribution is -0.127. The third-order valence-electron chi connectivity index (χ3n) is 5.22. The van der Waals surface area contributed by atoms with E-state index in [1.165, 1.54) is 0 Å². The molecule has 1 aromatic heterocycles. The van der Waals surface area contributed by atoms with Crippen LogP contribution in [0.3, 0.4) is 0 Å². The highest BCUT2D eigenvalue weighted by Crippen LogP contribution is 2.35. The Morgan fingerprint density at radius 3 is 2.91 bits per heavy atom. The van der Waals surface area contributed by atoms with Crippen molar-refractivity contribution in [1.29, 1.82) is 0 Å². The lowest BCUT2D eigenvalue weighted by Gasteiger charge is -2.21. The van der Waals surface area contributed by atoms with Gasteiger partial charge in [0.2, 0.25) is 5.91 Å². The molecule has 0 aromatic carbocycles. The fourth-order valence-electron chi connectivity index (χ4n) is 3.75. The Morgan fingerprint density at radius 1 is 1.43 bits per heavy atom. The Hall–Kier alpha value is -1.40. The highest BCUT2D eigenvalue weighted by atomic mass is 16.5. The minimum Gasteiger partial charge on any atom is -0.373 e. The number of amides is 1. The molecule has 1 aliphatic heterocycles. The first-order chi connectivity index (χ1) is 11.1. The van der Waals surface area contributed by atoms with Crippen molar-refractivity contribution in [3.8, 4) is 0 Å². The predicted octanol–water partition coefficient (Wildman–Crippen LogP) is 1.58. The summed E-state index contributed by atoms with van der Waals surface area (Å²) in [5.74, 6) is 0.0454. The monoisotopic (exact) mass is 320 g/mol. The summed E-state index contributed by atoms with van der Waals surface area (Å²) in [6.45, 7) is 3.53. The van der Waals surface area contributed by atoms with Gasteiger partial charge in [0, 0.05) is 37.0 Å². The summed E-state index contributed by atoms with van der Waals surface area (Å²) >= 11 is 0. The van der Waals surface area contributed by atoms with Crippen LogP contribution in [0.5, 0.6) is 0 Å². The van der Waals surface area contributed by atoms with E-state index in [-0.39, 0.29) is 17.9 Å². The Kier molecular flexibility index (Phi) is 5.02. The van der Waals surface area contributed by atoms with Gasteiger partial charge in [-0.15, -0.1) is 0 Å². The van der Waals surface area contributed by atoms with Gasteiger partial charge in [0.05, 0.1) is 18.2 Å². The molecule has 2 heterocycles. The number of carbonyl (C=O) groups excluding carboxylic acids is 1. The first kappa shape index (κ1) is 16.5. The summed E-state index contributed by atoms with van der Waals surface area (Å²) in [4.78, 5) is 15.0. The molecule has 2 fully saturated rings. The highest BCUT2D eigenvalue weighted by molar-refractivity contribution is 5.80. The molecule has 6 nitrogen and oxygen atoms in total. The zero-order chi connectivity index (χ0) is 16.4. The van der Waals surface area contributed by atoms with Crippen molar-refractivity contribution in [3.63, 3.8) is 0 Å². The van der Waals surface area contributed by atoms with Gasteiger partial charge in [-0.05, 0) is 46.7 Å². The van der Waals surface area contributed by atoms with Crippen LogP contribution in [0.1, 0.15) is 44.3 Å². The number of nitrogens with zero attached hydrogens (tertiary/aromatic N) is 3. The standard InChI is InChI=1S/C17H28N4O2/c1-4-21-11-12(10-18-21)16-15(7-8-23-16)17(22)19-13-5-6-14(9-13)20(2)3/h10-11,13-16H,4-9H2,1-3H3,(H,19,22)/t13?,14?,15-,16+/m0/s1. The van der Waals surface area contributed by atoms with Gasteiger partial charge in [-0.3, -0.25) is 9.48 Å². The Balaban J connectivity index is 1.60. The lowest BCUT2D eigenvalue weighted by Crippen LogP contribution is -2.39. The Morgan fingerprint density at radius 2 is 2.26 bits per heavy atom. The lowest BCUT2D eigenvalue weighted by atomic mass is 9.96. The van der Waals surface area contributed by atoms with Crippen LogP contribution >= 0.6 is 0 Å². The molecule has 0 bridgehead atoms. The number of aryl methyl sites for hydroxylation is 1. The molecule has 1 saturated heterocycles. The first-order valence-electron chi connectivity index (χ1n) is 8.69. The van der Waals surface area contributed by atoms with Gasteiger partial charge in [-0.2, -0.15) is 5.10 Å². The quantitative estimate of drug-likeness (QED) is 0.895. The fourth-order valence-corrected chi connectivity index (χ4v) is 3.75. The van der Waals surface area contributed by atoms with Gasteiger partial charge < -0.3 is 15.0 Å². The van der Waals surface area contributed by atoms with Crippen molar-refractivity contribution in [2.75, 3.05) is 20.7 Å². The number of aromatic nitrogens is 2. The summed E-state index contributed by atoms with van der Waals surface area (Å²) in [6.07, 6.45) is 7.74. The molecule has 1 N–H and O–H groups in total. The number of carbonyl (C=O) groups is 1. The maximum absolute atomic E-state index is 12.7. The zero-order valence-electron chi connectivity index (χ0n) is 14.4. The van der Waals surface area contributed by atoms with Crippen LogP contribution in [0.4, 0.5) is 0 Å². The predicted molar refractivity (Wildman–Crippen MR) is 88.0 cm³/mol. The van der Waals surface area contributed by atoms with Crippen LogP contribution in [0.15, 0.2) is 12.4 Å². The van der Waals surface area contributed by atoms with E-state index in [4.69, 9.17) is 4.74 Å². The van der Waals surface area contributed by atoms with Crippen LogP contribution in [0, 0.1) is 5.92 Å². The molecule has 0 spiro atoms. The van der Waals surface area contributed by atoms with Gasteiger partial charge in [0.15, 0.2) is 0 Å². The number of ether oxygens (including phenoxy) is 1. The van der Waals surface area contributed by atoms with E-state index in [0.717, 1.165) is 37.8 Å². The summed E-state index contributed by atoms with van der Waals surface area (Å²) < 4.78 is 7.71. The second kappa shape index (κ2) is 7.01. The molecule has 3 rings (SSSR count). The van der Waals surface area contributed by atoms with Crippen LogP contribution in [-0.4, -0.2) is 53.4 Å². The first-order valence-corrected chi connectivity index (χ1v) is 8.69. The number of hydrogen-bond acceptors (Lipinski definition) is 4. The molecule has 128 valence electrons. The van der Waals surface area contributed by atoms with Crippen LogP contribution in [0.2, 0.25) is 0 Å². The molecule has 6 heteroatoms. The molecule has 23 heavy (non-hydrogen) atoms. The van der Waals surface area contributed by atoms with E-state index in [0.29, 0.717) is 18.7 Å². The number of nitrogens with one attached hydrogen (secondary N) is 1. The van der Waals surface area contributed by atoms with Gasteiger partial charge in [0.25, 0.3) is 0 Å². The Bertz CT molecular complexity index is 542. The summed E-state index contributed by atoms with van der Waals surface area (Å²) in [5.41, 5.74) is 1.02. The van der Waals surface area contributed by atoms with E-state index in [2.05, 4.69) is 36.3 Å². The molecular formula is C17H28N4O2. The summed E-state index contributed by atoms with van der Waals surface area (Å²) in [5, 5.41) is 7.56. The van der Waals surface area contributed by atoms with Crippen molar-refractivity contribution >= 4 is 5.91 Å².